The first-order chi connectivity index (χ1) is 13.9. The Kier molecular flexibility index (Phi) is 6.54. The second kappa shape index (κ2) is 9.09. The molecule has 0 bridgehead atoms. The fraction of sp³-hybridized carbons (Fsp3) is 0.261. The number of aryl methyl sites for hydroxylation is 4. The minimum atomic E-state index is -0.0601. The molecule has 0 saturated heterocycles. The number of nitrogens with one attached hydrogen (secondary N) is 1. The van der Waals surface area contributed by atoms with Gasteiger partial charge in [-0.15, -0.1) is 16.8 Å². The molecule has 6 heteroatoms. The van der Waals surface area contributed by atoms with Gasteiger partial charge in [-0.05, 0) is 38.8 Å². The van der Waals surface area contributed by atoms with Crippen molar-refractivity contribution in [3.63, 3.8) is 0 Å². The van der Waals surface area contributed by atoms with E-state index >= 15 is 0 Å². The predicted molar refractivity (Wildman–Crippen MR) is 120 cm³/mol. The summed E-state index contributed by atoms with van der Waals surface area (Å²) in [6, 6.07) is 12.3. The van der Waals surface area contributed by atoms with E-state index in [9.17, 15) is 4.79 Å². The molecule has 1 heterocycles. The van der Waals surface area contributed by atoms with Crippen LogP contribution in [0.25, 0.3) is 11.4 Å². The smallest absolute Gasteiger partial charge is 0.234 e. The molecular formula is C23H26N4OS. The third-order valence-corrected chi connectivity index (χ3v) is 5.58. The lowest BCUT2D eigenvalue weighted by Crippen LogP contribution is -2.16. The third kappa shape index (κ3) is 4.95. The topological polar surface area (TPSA) is 59.8 Å². The highest BCUT2D eigenvalue weighted by atomic mass is 32.2. The molecule has 1 N–H and O–H groups in total. The maximum Gasteiger partial charge on any atom is 0.234 e. The summed E-state index contributed by atoms with van der Waals surface area (Å²) in [6.07, 6.45) is 1.81. The van der Waals surface area contributed by atoms with Gasteiger partial charge < -0.3 is 5.32 Å². The normalized spacial score (nSPS) is 10.8. The molecule has 29 heavy (non-hydrogen) atoms. The maximum absolute atomic E-state index is 12.5. The Labute approximate surface area is 176 Å². The van der Waals surface area contributed by atoms with Crippen molar-refractivity contribution >= 4 is 23.4 Å². The van der Waals surface area contributed by atoms with Crippen molar-refractivity contribution in [3.05, 3.63) is 71.3 Å². The van der Waals surface area contributed by atoms with Gasteiger partial charge in [-0.3, -0.25) is 9.36 Å². The first kappa shape index (κ1) is 20.9. The lowest BCUT2D eigenvalue weighted by molar-refractivity contribution is -0.113. The minimum Gasteiger partial charge on any atom is -0.325 e. The van der Waals surface area contributed by atoms with Crippen molar-refractivity contribution in [3.8, 4) is 11.4 Å². The zero-order valence-electron chi connectivity index (χ0n) is 17.3. The van der Waals surface area contributed by atoms with Crippen LogP contribution in [-0.4, -0.2) is 26.4 Å². The molecule has 0 aliphatic carbocycles. The Morgan fingerprint density at radius 2 is 1.72 bits per heavy atom. The number of hydrogen-bond donors (Lipinski definition) is 1. The molecule has 0 atom stereocenters. The fourth-order valence-electron chi connectivity index (χ4n) is 3.29. The molecule has 3 rings (SSSR count). The molecule has 1 amide bonds. The van der Waals surface area contributed by atoms with E-state index in [1.54, 1.807) is 0 Å². The second-order valence-corrected chi connectivity index (χ2v) is 8.12. The van der Waals surface area contributed by atoms with Gasteiger partial charge >= 0.3 is 0 Å². The van der Waals surface area contributed by atoms with Crippen LogP contribution in [0.2, 0.25) is 0 Å². The van der Waals surface area contributed by atoms with Gasteiger partial charge in [0.1, 0.15) is 0 Å². The summed E-state index contributed by atoms with van der Waals surface area (Å²) in [7, 11) is 0. The van der Waals surface area contributed by atoms with Gasteiger partial charge in [0, 0.05) is 17.8 Å². The summed E-state index contributed by atoms with van der Waals surface area (Å²) in [5, 5.41) is 12.4. The van der Waals surface area contributed by atoms with Gasteiger partial charge in [0.25, 0.3) is 0 Å². The summed E-state index contributed by atoms with van der Waals surface area (Å²) in [5.74, 6) is 0.976. The van der Waals surface area contributed by atoms with Gasteiger partial charge in [-0.25, -0.2) is 0 Å². The number of amides is 1. The Bertz CT molecular complexity index is 1010. The van der Waals surface area contributed by atoms with Crippen molar-refractivity contribution in [2.75, 3.05) is 11.1 Å². The van der Waals surface area contributed by atoms with Crippen LogP contribution in [0, 0.1) is 27.7 Å². The quantitative estimate of drug-likeness (QED) is 0.438. The van der Waals surface area contributed by atoms with Gasteiger partial charge in [0.2, 0.25) is 5.91 Å². The highest BCUT2D eigenvalue weighted by molar-refractivity contribution is 7.99. The van der Waals surface area contributed by atoms with E-state index in [1.165, 1.54) is 22.9 Å². The third-order valence-electron chi connectivity index (χ3n) is 4.61. The first-order valence-corrected chi connectivity index (χ1v) is 10.5. The maximum atomic E-state index is 12.5. The van der Waals surface area contributed by atoms with E-state index < -0.39 is 0 Å². The van der Waals surface area contributed by atoms with Crippen molar-refractivity contribution in [1.29, 1.82) is 0 Å². The number of thioether (sulfide) groups is 1. The average molecular weight is 407 g/mol. The van der Waals surface area contributed by atoms with Crippen LogP contribution in [0.3, 0.4) is 0 Å². The van der Waals surface area contributed by atoms with E-state index in [0.717, 1.165) is 28.2 Å². The van der Waals surface area contributed by atoms with Crippen molar-refractivity contribution < 1.29 is 4.79 Å². The number of anilines is 1. The van der Waals surface area contributed by atoms with Gasteiger partial charge in [-0.2, -0.15) is 0 Å². The molecule has 0 saturated carbocycles. The van der Waals surface area contributed by atoms with E-state index in [0.29, 0.717) is 11.7 Å². The lowest BCUT2D eigenvalue weighted by Gasteiger charge is -2.13. The molecule has 0 unspecified atom stereocenters. The number of hydrogen-bond acceptors (Lipinski definition) is 4. The highest BCUT2D eigenvalue weighted by Crippen LogP contribution is 2.26. The zero-order valence-corrected chi connectivity index (χ0v) is 18.1. The largest absolute Gasteiger partial charge is 0.325 e. The van der Waals surface area contributed by atoms with Gasteiger partial charge in [0.15, 0.2) is 11.0 Å². The average Bonchev–Trinajstić information content (AvgIpc) is 3.06. The number of carbonyl (C=O) groups excluding carboxylic acids is 1. The second-order valence-electron chi connectivity index (χ2n) is 7.18. The Morgan fingerprint density at radius 1 is 1.07 bits per heavy atom. The van der Waals surface area contributed by atoms with Gasteiger partial charge in [-0.1, -0.05) is 65.4 Å². The molecule has 3 aromatic rings. The van der Waals surface area contributed by atoms with E-state index in [2.05, 4.69) is 60.2 Å². The van der Waals surface area contributed by atoms with Gasteiger partial charge in [0.05, 0.1) is 5.75 Å². The molecule has 5 nitrogen and oxygen atoms in total. The number of nitrogens with zero attached hydrogens (tertiary/aromatic N) is 3. The van der Waals surface area contributed by atoms with Crippen LogP contribution in [0.15, 0.2) is 54.2 Å². The molecule has 0 radical (unpaired) electrons. The van der Waals surface area contributed by atoms with Crippen molar-refractivity contribution in [1.82, 2.24) is 14.8 Å². The van der Waals surface area contributed by atoms with Crippen LogP contribution >= 0.6 is 11.8 Å². The van der Waals surface area contributed by atoms with Crippen molar-refractivity contribution in [2.45, 2.75) is 39.4 Å². The predicted octanol–water partition coefficient (Wildman–Crippen LogP) is 5.10. The molecule has 0 fully saturated rings. The monoisotopic (exact) mass is 406 g/mol. The Hall–Kier alpha value is -2.86. The van der Waals surface area contributed by atoms with Crippen LogP contribution in [-0.2, 0) is 11.3 Å². The molecular weight excluding hydrogens is 380 g/mol. The first-order valence-electron chi connectivity index (χ1n) is 9.50. The molecule has 150 valence electrons. The summed E-state index contributed by atoms with van der Waals surface area (Å²) in [5.41, 5.74) is 6.39. The molecule has 0 aliphatic rings. The molecule has 0 aliphatic heterocycles. The lowest BCUT2D eigenvalue weighted by atomic mass is 10.1. The van der Waals surface area contributed by atoms with Crippen LogP contribution in [0.4, 0.5) is 5.69 Å². The van der Waals surface area contributed by atoms with E-state index in [4.69, 9.17) is 0 Å². The SMILES string of the molecule is C=CCn1c(SCC(=O)Nc2c(C)cc(C)cc2C)nnc1-c1ccc(C)cc1. The molecule has 0 spiro atoms. The number of rotatable bonds is 7. The standard InChI is InChI=1S/C23H26N4OS/c1-6-11-27-22(19-9-7-15(2)8-10-19)25-26-23(27)29-14-20(28)24-21-17(4)12-16(3)13-18(21)5/h6-10,12-13H,1,11,14H2,2-5H3,(H,24,28). The number of aromatic nitrogens is 3. The zero-order chi connectivity index (χ0) is 21.0. The highest BCUT2D eigenvalue weighted by Gasteiger charge is 2.16. The van der Waals surface area contributed by atoms with Crippen LogP contribution < -0.4 is 5.32 Å². The van der Waals surface area contributed by atoms with E-state index in [-0.39, 0.29) is 11.7 Å². The summed E-state index contributed by atoms with van der Waals surface area (Å²) >= 11 is 1.38. The number of benzene rings is 2. The summed E-state index contributed by atoms with van der Waals surface area (Å²) in [4.78, 5) is 12.5. The molecule has 1 aromatic heterocycles. The number of allylic oxidation sites excluding steroid dienone is 1. The van der Waals surface area contributed by atoms with Crippen LogP contribution in [0.1, 0.15) is 22.3 Å². The summed E-state index contributed by atoms with van der Waals surface area (Å²) in [6.45, 7) is 12.5. The Morgan fingerprint density at radius 3 is 2.34 bits per heavy atom. The number of carbonyl (C=O) groups is 1. The minimum absolute atomic E-state index is 0.0601. The summed E-state index contributed by atoms with van der Waals surface area (Å²) < 4.78 is 1.98. The molecule has 2 aromatic carbocycles. The fourth-order valence-corrected chi connectivity index (χ4v) is 4.04. The van der Waals surface area contributed by atoms with Crippen molar-refractivity contribution in [2.24, 2.45) is 0 Å². The Balaban J connectivity index is 1.74. The van der Waals surface area contributed by atoms with Crippen LogP contribution in [0.5, 0.6) is 0 Å². The van der Waals surface area contributed by atoms with E-state index in [1.807, 2.05) is 36.6 Å².